The Hall–Kier alpha value is -0.500. The Morgan fingerprint density at radius 1 is 1.29 bits per heavy atom. The second-order valence-electron chi connectivity index (χ2n) is 4.24. The van der Waals surface area contributed by atoms with Gasteiger partial charge in [-0.25, -0.2) is 0 Å². The Bertz CT molecular complexity index is 311. The van der Waals surface area contributed by atoms with Crippen LogP contribution >= 0.6 is 15.9 Å². The Balaban J connectivity index is 2.01. The Morgan fingerprint density at radius 3 is 2.71 bits per heavy atom. The van der Waals surface area contributed by atoms with Crippen LogP contribution in [0.1, 0.15) is 26.2 Å². The van der Waals surface area contributed by atoms with Gasteiger partial charge in [0, 0.05) is 16.2 Å². The minimum absolute atomic E-state index is 0.670. The van der Waals surface area contributed by atoms with Crippen LogP contribution in [-0.4, -0.2) is 6.04 Å². The molecule has 1 aliphatic rings. The zero-order chi connectivity index (χ0) is 9.97. The van der Waals surface area contributed by atoms with Crippen LogP contribution in [0.4, 0.5) is 5.69 Å². The molecule has 2 atom stereocenters. The number of anilines is 1. The molecule has 1 aromatic rings. The lowest BCUT2D eigenvalue weighted by atomic mass is 10.1. The second kappa shape index (κ2) is 4.35. The van der Waals surface area contributed by atoms with Crippen molar-refractivity contribution in [3.05, 3.63) is 28.7 Å². The molecule has 0 amide bonds. The molecule has 0 aromatic heterocycles. The number of hydrogen-bond acceptors (Lipinski definition) is 1. The fraction of sp³-hybridized carbons (Fsp3) is 0.500. The molecule has 0 radical (unpaired) electrons. The predicted molar refractivity (Wildman–Crippen MR) is 64.6 cm³/mol. The van der Waals surface area contributed by atoms with Crippen LogP contribution in [0, 0.1) is 5.92 Å². The number of nitrogens with one attached hydrogen (secondary N) is 1. The van der Waals surface area contributed by atoms with Gasteiger partial charge in [-0.05, 0) is 53.2 Å². The summed E-state index contributed by atoms with van der Waals surface area (Å²) in [5.74, 6) is 0.884. The quantitative estimate of drug-likeness (QED) is 0.839. The molecule has 1 saturated carbocycles. The largest absolute Gasteiger partial charge is 0.381 e. The Labute approximate surface area is 94.0 Å². The van der Waals surface area contributed by atoms with Gasteiger partial charge in [-0.3, -0.25) is 0 Å². The van der Waals surface area contributed by atoms with Crippen molar-refractivity contribution in [2.24, 2.45) is 5.92 Å². The van der Waals surface area contributed by atoms with Gasteiger partial charge in [0.2, 0.25) is 0 Å². The molecular formula is C12H16BrN. The lowest BCUT2D eigenvalue weighted by Gasteiger charge is -2.15. The van der Waals surface area contributed by atoms with Crippen LogP contribution in [0.2, 0.25) is 0 Å². The van der Waals surface area contributed by atoms with E-state index in [4.69, 9.17) is 0 Å². The molecule has 0 saturated heterocycles. The Morgan fingerprint density at radius 2 is 2.07 bits per heavy atom. The van der Waals surface area contributed by atoms with Crippen molar-refractivity contribution in [3.63, 3.8) is 0 Å². The molecule has 0 bridgehead atoms. The maximum atomic E-state index is 3.59. The van der Waals surface area contributed by atoms with E-state index in [0.717, 1.165) is 5.92 Å². The van der Waals surface area contributed by atoms with E-state index in [1.165, 1.54) is 29.4 Å². The number of rotatable bonds is 2. The summed E-state index contributed by atoms with van der Waals surface area (Å²) in [5.41, 5.74) is 1.23. The normalized spacial score (nSPS) is 26.4. The van der Waals surface area contributed by atoms with Crippen molar-refractivity contribution in [1.29, 1.82) is 0 Å². The third-order valence-corrected chi connectivity index (χ3v) is 3.62. The highest BCUT2D eigenvalue weighted by Crippen LogP contribution is 2.30. The summed E-state index contributed by atoms with van der Waals surface area (Å²) in [6, 6.07) is 9.01. The molecule has 1 aliphatic carbocycles. The Kier molecular flexibility index (Phi) is 3.12. The van der Waals surface area contributed by atoms with Crippen molar-refractivity contribution in [1.82, 2.24) is 0 Å². The summed E-state index contributed by atoms with van der Waals surface area (Å²) in [7, 11) is 0. The maximum absolute atomic E-state index is 3.59. The zero-order valence-corrected chi connectivity index (χ0v) is 10.0. The molecule has 14 heavy (non-hydrogen) atoms. The average Bonchev–Trinajstić information content (AvgIpc) is 2.56. The van der Waals surface area contributed by atoms with Crippen LogP contribution in [0.3, 0.4) is 0 Å². The molecule has 2 unspecified atom stereocenters. The fourth-order valence-corrected chi connectivity index (χ4v) is 2.54. The molecule has 2 rings (SSSR count). The monoisotopic (exact) mass is 253 g/mol. The van der Waals surface area contributed by atoms with Crippen molar-refractivity contribution >= 4 is 21.6 Å². The maximum Gasteiger partial charge on any atom is 0.0486 e. The van der Waals surface area contributed by atoms with E-state index in [1.807, 2.05) is 6.07 Å². The second-order valence-corrected chi connectivity index (χ2v) is 5.09. The van der Waals surface area contributed by atoms with Crippen molar-refractivity contribution in [2.75, 3.05) is 5.32 Å². The van der Waals surface area contributed by atoms with Crippen LogP contribution in [0.25, 0.3) is 0 Å². The van der Waals surface area contributed by atoms with Gasteiger partial charge in [0.1, 0.15) is 0 Å². The van der Waals surface area contributed by atoms with E-state index < -0.39 is 0 Å². The van der Waals surface area contributed by atoms with Crippen LogP contribution in [0.15, 0.2) is 28.7 Å². The summed E-state index contributed by atoms with van der Waals surface area (Å²) >= 11 is 3.56. The van der Waals surface area contributed by atoms with Gasteiger partial charge >= 0.3 is 0 Å². The highest BCUT2D eigenvalue weighted by Gasteiger charge is 2.21. The molecule has 0 aliphatic heterocycles. The van der Waals surface area contributed by atoms with E-state index in [2.05, 4.69) is 46.4 Å². The van der Waals surface area contributed by atoms with Gasteiger partial charge in [0.15, 0.2) is 0 Å². The molecule has 2 heteroatoms. The smallest absolute Gasteiger partial charge is 0.0486 e. The summed E-state index contributed by atoms with van der Waals surface area (Å²) in [6.07, 6.45) is 3.98. The first kappa shape index (κ1) is 10.0. The van der Waals surface area contributed by atoms with Crippen LogP contribution in [0.5, 0.6) is 0 Å². The third-order valence-electron chi connectivity index (χ3n) is 2.93. The number of para-hydroxylation sites is 1. The SMILES string of the molecule is CC1CCC(Nc2ccccc2Br)C1. The molecule has 0 heterocycles. The summed E-state index contributed by atoms with van der Waals surface area (Å²) in [6.45, 7) is 2.34. The van der Waals surface area contributed by atoms with Crippen molar-refractivity contribution in [2.45, 2.75) is 32.2 Å². The van der Waals surface area contributed by atoms with E-state index in [9.17, 15) is 0 Å². The van der Waals surface area contributed by atoms with Gasteiger partial charge in [-0.2, -0.15) is 0 Å². The number of hydrogen-bond donors (Lipinski definition) is 1. The van der Waals surface area contributed by atoms with Crippen LogP contribution < -0.4 is 5.32 Å². The van der Waals surface area contributed by atoms with Crippen molar-refractivity contribution < 1.29 is 0 Å². The van der Waals surface area contributed by atoms with E-state index in [1.54, 1.807) is 0 Å². The predicted octanol–water partition coefficient (Wildman–Crippen LogP) is 4.05. The van der Waals surface area contributed by atoms with Gasteiger partial charge < -0.3 is 5.32 Å². The summed E-state index contributed by atoms with van der Waals surface area (Å²) in [4.78, 5) is 0. The molecule has 1 fully saturated rings. The lowest BCUT2D eigenvalue weighted by molar-refractivity contribution is 0.602. The summed E-state index contributed by atoms with van der Waals surface area (Å²) < 4.78 is 1.17. The van der Waals surface area contributed by atoms with Gasteiger partial charge in [0.25, 0.3) is 0 Å². The lowest BCUT2D eigenvalue weighted by Crippen LogP contribution is -2.15. The highest BCUT2D eigenvalue weighted by molar-refractivity contribution is 9.10. The zero-order valence-electron chi connectivity index (χ0n) is 8.46. The number of halogens is 1. The van der Waals surface area contributed by atoms with Gasteiger partial charge in [0.05, 0.1) is 0 Å². The minimum Gasteiger partial charge on any atom is -0.381 e. The minimum atomic E-state index is 0.670. The molecule has 1 N–H and O–H groups in total. The van der Waals surface area contributed by atoms with E-state index in [-0.39, 0.29) is 0 Å². The van der Waals surface area contributed by atoms with Gasteiger partial charge in [-0.1, -0.05) is 19.1 Å². The average molecular weight is 254 g/mol. The highest BCUT2D eigenvalue weighted by atomic mass is 79.9. The molecule has 0 spiro atoms. The van der Waals surface area contributed by atoms with E-state index in [0.29, 0.717) is 6.04 Å². The van der Waals surface area contributed by atoms with Crippen LogP contribution in [-0.2, 0) is 0 Å². The summed E-state index contributed by atoms with van der Waals surface area (Å²) in [5, 5.41) is 3.59. The molecule has 76 valence electrons. The van der Waals surface area contributed by atoms with E-state index >= 15 is 0 Å². The number of benzene rings is 1. The third kappa shape index (κ3) is 2.30. The van der Waals surface area contributed by atoms with Gasteiger partial charge in [-0.15, -0.1) is 0 Å². The fourth-order valence-electron chi connectivity index (χ4n) is 2.14. The molecule has 1 nitrogen and oxygen atoms in total. The molecular weight excluding hydrogens is 238 g/mol. The molecule has 1 aromatic carbocycles. The first-order valence-electron chi connectivity index (χ1n) is 5.27. The topological polar surface area (TPSA) is 12.0 Å². The van der Waals surface area contributed by atoms with Crippen molar-refractivity contribution in [3.8, 4) is 0 Å². The first-order valence-corrected chi connectivity index (χ1v) is 6.06. The standard InChI is InChI=1S/C12H16BrN/c1-9-6-7-10(8-9)14-12-5-3-2-4-11(12)13/h2-5,9-10,14H,6-8H2,1H3. The first-order chi connectivity index (χ1) is 6.75.